The van der Waals surface area contributed by atoms with Gasteiger partial charge in [-0.25, -0.2) is 4.98 Å². The second-order valence-corrected chi connectivity index (χ2v) is 4.24. The number of alkyl halides is 3. The van der Waals surface area contributed by atoms with Crippen molar-refractivity contribution in [1.82, 2.24) is 19.7 Å². The fraction of sp³-hybridized carbons (Fsp3) is 0.417. The number of nitrogens with zero attached hydrogens (tertiary/aromatic N) is 4. The monoisotopic (exact) mass is 285 g/mol. The third-order valence-electron chi connectivity index (χ3n) is 2.55. The van der Waals surface area contributed by atoms with Crippen molar-refractivity contribution in [3.63, 3.8) is 0 Å². The summed E-state index contributed by atoms with van der Waals surface area (Å²) in [6.07, 6.45) is 1.41. The van der Waals surface area contributed by atoms with Crippen LogP contribution in [0.1, 0.15) is 24.6 Å². The standard InChI is InChI=1S/C12H14F3N5/c1-2-3-16-11-6-17-10(5-18-11)8-20-7-9(4-19-20)12(13,14)15/h4-7H,2-3,8H2,1H3,(H,16,18). The zero-order valence-corrected chi connectivity index (χ0v) is 10.9. The molecule has 0 aliphatic rings. The second kappa shape index (κ2) is 5.89. The average Bonchev–Trinajstić information content (AvgIpc) is 2.86. The van der Waals surface area contributed by atoms with Crippen molar-refractivity contribution in [1.29, 1.82) is 0 Å². The molecule has 0 aromatic carbocycles. The first-order chi connectivity index (χ1) is 9.49. The van der Waals surface area contributed by atoms with E-state index in [9.17, 15) is 13.2 Å². The van der Waals surface area contributed by atoms with E-state index in [4.69, 9.17) is 0 Å². The van der Waals surface area contributed by atoms with Crippen LogP contribution in [0.4, 0.5) is 19.0 Å². The van der Waals surface area contributed by atoms with Crippen LogP contribution in [-0.2, 0) is 12.7 Å². The van der Waals surface area contributed by atoms with Gasteiger partial charge in [0.05, 0.1) is 36.4 Å². The van der Waals surface area contributed by atoms with Crippen molar-refractivity contribution in [2.24, 2.45) is 0 Å². The molecule has 0 unspecified atom stereocenters. The average molecular weight is 285 g/mol. The van der Waals surface area contributed by atoms with Crippen LogP contribution in [0.15, 0.2) is 24.8 Å². The van der Waals surface area contributed by atoms with Gasteiger partial charge in [0.25, 0.3) is 0 Å². The summed E-state index contributed by atoms with van der Waals surface area (Å²) >= 11 is 0. The van der Waals surface area contributed by atoms with Gasteiger partial charge in [0.15, 0.2) is 0 Å². The van der Waals surface area contributed by atoms with Crippen LogP contribution in [0.5, 0.6) is 0 Å². The summed E-state index contributed by atoms with van der Waals surface area (Å²) in [4.78, 5) is 8.26. The highest BCUT2D eigenvalue weighted by molar-refractivity contribution is 5.30. The predicted octanol–water partition coefficient (Wildman–Crippen LogP) is 2.56. The van der Waals surface area contributed by atoms with Crippen molar-refractivity contribution < 1.29 is 13.2 Å². The van der Waals surface area contributed by atoms with Gasteiger partial charge in [0.1, 0.15) is 5.82 Å². The van der Waals surface area contributed by atoms with E-state index in [1.165, 1.54) is 10.9 Å². The number of hydrogen-bond acceptors (Lipinski definition) is 4. The van der Waals surface area contributed by atoms with Gasteiger partial charge in [-0.1, -0.05) is 6.92 Å². The Labute approximate surface area is 113 Å². The van der Waals surface area contributed by atoms with Gasteiger partial charge in [-0.05, 0) is 6.42 Å². The van der Waals surface area contributed by atoms with E-state index in [1.54, 1.807) is 6.20 Å². The summed E-state index contributed by atoms with van der Waals surface area (Å²) in [6.45, 7) is 2.98. The number of anilines is 1. The fourth-order valence-electron chi connectivity index (χ4n) is 1.54. The Kier molecular flexibility index (Phi) is 4.21. The molecule has 0 saturated heterocycles. The highest BCUT2D eigenvalue weighted by Gasteiger charge is 2.32. The largest absolute Gasteiger partial charge is 0.419 e. The van der Waals surface area contributed by atoms with E-state index in [0.717, 1.165) is 25.4 Å². The Morgan fingerprint density at radius 2 is 2.00 bits per heavy atom. The van der Waals surface area contributed by atoms with Crippen LogP contribution in [0.3, 0.4) is 0 Å². The minimum atomic E-state index is -4.38. The van der Waals surface area contributed by atoms with E-state index >= 15 is 0 Å². The third kappa shape index (κ3) is 3.69. The van der Waals surface area contributed by atoms with Gasteiger partial charge >= 0.3 is 6.18 Å². The SMILES string of the molecule is CCCNc1cnc(Cn2cc(C(F)(F)F)cn2)cn1. The van der Waals surface area contributed by atoms with Crippen molar-refractivity contribution in [2.45, 2.75) is 26.1 Å². The minimum Gasteiger partial charge on any atom is -0.369 e. The van der Waals surface area contributed by atoms with Crippen molar-refractivity contribution in [2.75, 3.05) is 11.9 Å². The fourth-order valence-corrected chi connectivity index (χ4v) is 1.54. The molecule has 0 atom stereocenters. The quantitative estimate of drug-likeness (QED) is 0.917. The van der Waals surface area contributed by atoms with Crippen LogP contribution >= 0.6 is 0 Å². The van der Waals surface area contributed by atoms with E-state index in [-0.39, 0.29) is 6.54 Å². The van der Waals surface area contributed by atoms with Gasteiger partial charge in [0, 0.05) is 12.7 Å². The maximum Gasteiger partial charge on any atom is 0.419 e. The Balaban J connectivity index is 2.01. The normalized spacial score (nSPS) is 11.6. The zero-order chi connectivity index (χ0) is 14.6. The Morgan fingerprint density at radius 1 is 1.20 bits per heavy atom. The van der Waals surface area contributed by atoms with E-state index in [2.05, 4.69) is 20.4 Å². The highest BCUT2D eigenvalue weighted by Crippen LogP contribution is 2.28. The molecular weight excluding hydrogens is 271 g/mol. The number of rotatable bonds is 5. The minimum absolute atomic E-state index is 0.150. The second-order valence-electron chi connectivity index (χ2n) is 4.24. The number of hydrogen-bond donors (Lipinski definition) is 1. The Hall–Kier alpha value is -2.12. The molecule has 0 bridgehead atoms. The summed E-state index contributed by atoms with van der Waals surface area (Å²) in [5, 5.41) is 6.73. The van der Waals surface area contributed by atoms with E-state index in [0.29, 0.717) is 11.5 Å². The number of aromatic nitrogens is 4. The zero-order valence-electron chi connectivity index (χ0n) is 10.9. The molecule has 2 heterocycles. The number of nitrogens with one attached hydrogen (secondary N) is 1. The van der Waals surface area contributed by atoms with Crippen molar-refractivity contribution in [3.8, 4) is 0 Å². The van der Waals surface area contributed by atoms with Crippen molar-refractivity contribution in [3.05, 3.63) is 36.0 Å². The Bertz CT molecular complexity index is 547. The lowest BCUT2D eigenvalue weighted by molar-refractivity contribution is -0.137. The lowest BCUT2D eigenvalue weighted by Crippen LogP contribution is -2.06. The van der Waals surface area contributed by atoms with Crippen LogP contribution in [-0.4, -0.2) is 26.3 Å². The molecule has 2 rings (SSSR count). The van der Waals surface area contributed by atoms with E-state index in [1.807, 2.05) is 6.92 Å². The molecule has 0 radical (unpaired) electrons. The molecular formula is C12H14F3N5. The van der Waals surface area contributed by atoms with E-state index < -0.39 is 11.7 Å². The Morgan fingerprint density at radius 3 is 2.55 bits per heavy atom. The number of halogens is 3. The molecule has 0 spiro atoms. The molecule has 1 N–H and O–H groups in total. The molecule has 108 valence electrons. The molecule has 0 aliphatic carbocycles. The maximum absolute atomic E-state index is 12.4. The molecule has 20 heavy (non-hydrogen) atoms. The van der Waals surface area contributed by atoms with Gasteiger partial charge in [-0.3, -0.25) is 9.67 Å². The molecule has 0 amide bonds. The first kappa shape index (κ1) is 14.3. The first-order valence-corrected chi connectivity index (χ1v) is 6.13. The van der Waals surface area contributed by atoms with Crippen molar-refractivity contribution >= 4 is 5.82 Å². The van der Waals surface area contributed by atoms with Gasteiger partial charge < -0.3 is 5.32 Å². The van der Waals surface area contributed by atoms with Crippen LogP contribution in [0.2, 0.25) is 0 Å². The summed E-state index contributed by atoms with van der Waals surface area (Å²) in [6, 6.07) is 0. The molecule has 2 aromatic rings. The molecule has 0 aliphatic heterocycles. The van der Waals surface area contributed by atoms with Gasteiger partial charge in [0.2, 0.25) is 0 Å². The molecule has 5 nitrogen and oxygen atoms in total. The van der Waals surface area contributed by atoms with Gasteiger partial charge in [-0.15, -0.1) is 0 Å². The summed E-state index contributed by atoms with van der Waals surface area (Å²) in [7, 11) is 0. The van der Waals surface area contributed by atoms with Gasteiger partial charge in [-0.2, -0.15) is 18.3 Å². The third-order valence-corrected chi connectivity index (χ3v) is 2.55. The topological polar surface area (TPSA) is 55.6 Å². The highest BCUT2D eigenvalue weighted by atomic mass is 19.4. The smallest absolute Gasteiger partial charge is 0.369 e. The molecule has 0 saturated carbocycles. The summed E-state index contributed by atoms with van der Waals surface area (Å²) in [5.41, 5.74) is -0.226. The molecule has 2 aromatic heterocycles. The maximum atomic E-state index is 12.4. The van der Waals surface area contributed by atoms with Crippen LogP contribution < -0.4 is 5.32 Å². The van der Waals surface area contributed by atoms with Crippen LogP contribution in [0.25, 0.3) is 0 Å². The lowest BCUT2D eigenvalue weighted by atomic mass is 10.3. The first-order valence-electron chi connectivity index (χ1n) is 6.13. The predicted molar refractivity (Wildman–Crippen MR) is 67.1 cm³/mol. The summed E-state index contributed by atoms with van der Waals surface area (Å²) < 4.78 is 38.5. The summed E-state index contributed by atoms with van der Waals surface area (Å²) in [5.74, 6) is 0.645. The van der Waals surface area contributed by atoms with Crippen LogP contribution in [0, 0.1) is 0 Å². The lowest BCUT2D eigenvalue weighted by Gasteiger charge is -2.05. The molecule has 8 heteroatoms. The molecule has 0 fully saturated rings.